The number of benzene rings is 1. The average molecular weight is 351 g/mol. The number of nitrogens with one attached hydrogen (secondary N) is 1. The number of hydrogen-bond donors (Lipinski definition) is 1. The van der Waals surface area contributed by atoms with Gasteiger partial charge in [0, 0.05) is 0 Å². The van der Waals surface area contributed by atoms with Crippen molar-refractivity contribution in [2.45, 2.75) is 45.9 Å². The molecule has 25 heavy (non-hydrogen) atoms. The fourth-order valence-electron chi connectivity index (χ4n) is 1.97. The molecular formula is C18H25NO6. The summed E-state index contributed by atoms with van der Waals surface area (Å²) in [6, 6.07) is 7.87. The smallest absolute Gasteiger partial charge is 0.408 e. The lowest BCUT2D eigenvalue weighted by Crippen LogP contribution is -2.50. The molecule has 0 aromatic heterocycles. The molecule has 1 amide bonds. The first-order chi connectivity index (χ1) is 11.6. The fraction of sp³-hybridized carbons (Fsp3) is 0.500. The molecule has 7 nitrogen and oxygen atoms in total. The Morgan fingerprint density at radius 2 is 1.68 bits per heavy atom. The van der Waals surface area contributed by atoms with Gasteiger partial charge < -0.3 is 19.5 Å². The van der Waals surface area contributed by atoms with Gasteiger partial charge in [0.05, 0.1) is 13.0 Å². The summed E-state index contributed by atoms with van der Waals surface area (Å²) in [6.45, 7) is 6.59. The molecule has 1 N–H and O–H groups in total. The van der Waals surface area contributed by atoms with E-state index in [-0.39, 0.29) is 6.61 Å². The van der Waals surface area contributed by atoms with Crippen LogP contribution in [0.3, 0.4) is 0 Å². The topological polar surface area (TPSA) is 90.9 Å². The van der Waals surface area contributed by atoms with Crippen LogP contribution in [0.2, 0.25) is 0 Å². The molecule has 0 spiro atoms. The highest BCUT2D eigenvalue weighted by Gasteiger charge is 2.36. The Labute approximate surface area is 147 Å². The maximum Gasteiger partial charge on any atom is 0.408 e. The van der Waals surface area contributed by atoms with Gasteiger partial charge in [0.1, 0.15) is 18.2 Å². The van der Waals surface area contributed by atoms with Crippen LogP contribution in [0, 0.1) is 5.92 Å². The Kier molecular flexibility index (Phi) is 7.42. The minimum Gasteiger partial charge on any atom is -0.469 e. The Bertz CT molecular complexity index is 593. The van der Waals surface area contributed by atoms with Gasteiger partial charge in [-0.15, -0.1) is 0 Å². The third-order valence-corrected chi connectivity index (χ3v) is 3.22. The summed E-state index contributed by atoms with van der Waals surface area (Å²) >= 11 is 0. The number of esters is 2. The van der Waals surface area contributed by atoms with Crippen molar-refractivity contribution in [3.05, 3.63) is 35.9 Å². The summed E-state index contributed by atoms with van der Waals surface area (Å²) in [5.74, 6) is -2.30. The van der Waals surface area contributed by atoms with Gasteiger partial charge in [-0.1, -0.05) is 30.3 Å². The molecule has 138 valence electrons. The lowest BCUT2D eigenvalue weighted by molar-refractivity contribution is -0.163. The second-order valence-corrected chi connectivity index (χ2v) is 6.53. The van der Waals surface area contributed by atoms with Crippen molar-refractivity contribution in [1.29, 1.82) is 0 Å². The SMILES string of the molecule is COC(=O)[C@@H](C)[C@H](NC(=O)OCc1ccccc1)C(=O)OC(C)(C)C. The van der Waals surface area contributed by atoms with E-state index in [9.17, 15) is 14.4 Å². The van der Waals surface area contributed by atoms with Crippen LogP contribution in [0.25, 0.3) is 0 Å². The first kappa shape index (κ1) is 20.5. The van der Waals surface area contributed by atoms with Crippen molar-refractivity contribution < 1.29 is 28.6 Å². The van der Waals surface area contributed by atoms with Crippen LogP contribution in [0.15, 0.2) is 30.3 Å². The van der Waals surface area contributed by atoms with Crippen LogP contribution < -0.4 is 5.32 Å². The van der Waals surface area contributed by atoms with Gasteiger partial charge in [-0.25, -0.2) is 9.59 Å². The predicted octanol–water partition coefficient (Wildman–Crippen LogP) is 2.43. The molecule has 0 saturated carbocycles. The molecule has 1 aromatic carbocycles. The third-order valence-electron chi connectivity index (χ3n) is 3.22. The molecule has 0 aliphatic rings. The molecule has 2 atom stereocenters. The minimum absolute atomic E-state index is 0.0420. The van der Waals surface area contributed by atoms with Crippen LogP contribution in [0.5, 0.6) is 0 Å². The fourth-order valence-corrected chi connectivity index (χ4v) is 1.97. The molecule has 0 heterocycles. The lowest BCUT2D eigenvalue weighted by atomic mass is 10.0. The zero-order chi connectivity index (χ0) is 19.0. The van der Waals surface area contributed by atoms with Crippen LogP contribution >= 0.6 is 0 Å². The molecule has 0 saturated heterocycles. The van der Waals surface area contributed by atoms with Crippen LogP contribution in [0.1, 0.15) is 33.3 Å². The van der Waals surface area contributed by atoms with E-state index in [1.54, 1.807) is 32.9 Å². The number of ether oxygens (including phenoxy) is 3. The van der Waals surface area contributed by atoms with Crippen LogP contribution in [-0.4, -0.2) is 36.8 Å². The molecule has 0 unspecified atom stereocenters. The van der Waals surface area contributed by atoms with E-state index in [0.29, 0.717) is 0 Å². The molecule has 0 aliphatic heterocycles. The zero-order valence-corrected chi connectivity index (χ0v) is 15.2. The monoisotopic (exact) mass is 351 g/mol. The van der Waals surface area contributed by atoms with Crippen molar-refractivity contribution in [1.82, 2.24) is 5.32 Å². The first-order valence-corrected chi connectivity index (χ1v) is 7.92. The Morgan fingerprint density at radius 3 is 2.20 bits per heavy atom. The predicted molar refractivity (Wildman–Crippen MR) is 90.6 cm³/mol. The number of alkyl carbamates (subject to hydrolysis) is 1. The van der Waals surface area contributed by atoms with Gasteiger partial charge in [0.15, 0.2) is 0 Å². The van der Waals surface area contributed by atoms with Gasteiger partial charge in [-0.05, 0) is 33.3 Å². The van der Waals surface area contributed by atoms with E-state index in [1.807, 2.05) is 18.2 Å². The van der Waals surface area contributed by atoms with Gasteiger partial charge in [-0.2, -0.15) is 0 Å². The summed E-state index contributed by atoms with van der Waals surface area (Å²) < 4.78 is 15.0. The largest absolute Gasteiger partial charge is 0.469 e. The van der Waals surface area contributed by atoms with Crippen LogP contribution in [-0.2, 0) is 30.4 Å². The summed E-state index contributed by atoms with van der Waals surface area (Å²) in [5, 5.41) is 2.39. The zero-order valence-electron chi connectivity index (χ0n) is 15.2. The van der Waals surface area contributed by atoms with Gasteiger partial charge in [0.25, 0.3) is 0 Å². The summed E-state index contributed by atoms with van der Waals surface area (Å²) in [4.78, 5) is 36.1. The molecule has 1 aromatic rings. The highest BCUT2D eigenvalue weighted by molar-refractivity contribution is 5.87. The lowest BCUT2D eigenvalue weighted by Gasteiger charge is -2.26. The number of hydrogen-bond acceptors (Lipinski definition) is 6. The summed E-state index contributed by atoms with van der Waals surface area (Å²) in [7, 11) is 1.21. The number of carbonyl (C=O) groups excluding carboxylic acids is 3. The Hall–Kier alpha value is -2.57. The molecule has 0 radical (unpaired) electrons. The van der Waals surface area contributed by atoms with E-state index >= 15 is 0 Å². The van der Waals surface area contributed by atoms with Crippen LogP contribution in [0.4, 0.5) is 4.79 Å². The average Bonchev–Trinajstić information content (AvgIpc) is 2.55. The van der Waals surface area contributed by atoms with E-state index in [0.717, 1.165) is 5.56 Å². The quantitative estimate of drug-likeness (QED) is 0.625. The second kappa shape index (κ2) is 9.05. The number of amides is 1. The Morgan fingerprint density at radius 1 is 1.08 bits per heavy atom. The highest BCUT2D eigenvalue weighted by atomic mass is 16.6. The van der Waals surface area contributed by atoms with Gasteiger partial charge >= 0.3 is 18.0 Å². The van der Waals surface area contributed by atoms with Crippen molar-refractivity contribution in [2.24, 2.45) is 5.92 Å². The van der Waals surface area contributed by atoms with E-state index < -0.39 is 35.6 Å². The standard InChI is InChI=1S/C18H25NO6/c1-12(15(20)23-5)14(16(21)25-18(2,3)4)19-17(22)24-11-13-9-7-6-8-10-13/h6-10,12,14H,11H2,1-5H3,(H,19,22)/t12-,14-/m0/s1. The van der Waals surface area contributed by atoms with Gasteiger partial charge in [-0.3, -0.25) is 4.79 Å². The summed E-state index contributed by atoms with van der Waals surface area (Å²) in [6.07, 6.45) is -0.824. The number of methoxy groups -OCH3 is 1. The second-order valence-electron chi connectivity index (χ2n) is 6.53. The Balaban J connectivity index is 2.76. The number of carbonyl (C=O) groups is 3. The third kappa shape index (κ3) is 7.24. The van der Waals surface area contributed by atoms with Crippen molar-refractivity contribution >= 4 is 18.0 Å². The van der Waals surface area contributed by atoms with E-state index in [2.05, 4.69) is 10.1 Å². The molecule has 0 aliphatic carbocycles. The van der Waals surface area contributed by atoms with E-state index in [1.165, 1.54) is 14.0 Å². The molecule has 1 rings (SSSR count). The number of rotatable bonds is 6. The minimum atomic E-state index is -1.21. The molecule has 7 heteroatoms. The van der Waals surface area contributed by atoms with Crippen molar-refractivity contribution in [3.63, 3.8) is 0 Å². The summed E-state index contributed by atoms with van der Waals surface area (Å²) in [5.41, 5.74) is 0.0355. The van der Waals surface area contributed by atoms with Crippen molar-refractivity contribution in [3.8, 4) is 0 Å². The van der Waals surface area contributed by atoms with Gasteiger partial charge in [0.2, 0.25) is 0 Å². The first-order valence-electron chi connectivity index (χ1n) is 7.92. The molecule has 0 bridgehead atoms. The maximum atomic E-state index is 12.3. The molecular weight excluding hydrogens is 326 g/mol. The maximum absolute atomic E-state index is 12.3. The molecule has 0 fully saturated rings. The van der Waals surface area contributed by atoms with Crippen molar-refractivity contribution in [2.75, 3.05) is 7.11 Å². The normalized spacial score (nSPS) is 13.3. The highest BCUT2D eigenvalue weighted by Crippen LogP contribution is 2.14. The van der Waals surface area contributed by atoms with E-state index in [4.69, 9.17) is 9.47 Å².